The predicted molar refractivity (Wildman–Crippen MR) is 104 cm³/mol. The molecule has 0 atom stereocenters. The van der Waals surface area contributed by atoms with Crippen molar-refractivity contribution in [3.63, 3.8) is 0 Å². The molecule has 7 heteroatoms. The maximum Gasteiger partial charge on any atom is 0.269 e. The quantitative estimate of drug-likeness (QED) is 0.833. The molecule has 0 saturated carbocycles. The first-order chi connectivity index (χ1) is 12.5. The zero-order valence-corrected chi connectivity index (χ0v) is 15.9. The van der Waals surface area contributed by atoms with Crippen molar-refractivity contribution in [1.82, 2.24) is 9.88 Å². The van der Waals surface area contributed by atoms with Gasteiger partial charge in [-0.05, 0) is 43.0 Å². The molecule has 2 aromatic rings. The number of piperidine rings is 1. The van der Waals surface area contributed by atoms with Gasteiger partial charge in [-0.2, -0.15) is 0 Å². The molecule has 0 unspecified atom stereocenters. The molecule has 0 radical (unpaired) electrons. The number of benzene rings is 1. The normalized spacial score (nSPS) is 14.4. The first kappa shape index (κ1) is 18.6. The fraction of sp³-hybridized carbons (Fsp3) is 0.421. The zero-order valence-electron chi connectivity index (χ0n) is 15.1. The Morgan fingerprint density at radius 2 is 1.92 bits per heavy atom. The van der Waals surface area contributed by atoms with Crippen molar-refractivity contribution in [3.05, 3.63) is 46.4 Å². The van der Waals surface area contributed by atoms with Crippen LogP contribution in [0, 0.1) is 5.82 Å². The van der Waals surface area contributed by atoms with Gasteiger partial charge >= 0.3 is 0 Å². The summed E-state index contributed by atoms with van der Waals surface area (Å²) in [5, 5.41) is 6.29. The molecule has 1 amide bonds. The van der Waals surface area contributed by atoms with E-state index in [2.05, 4.69) is 15.5 Å². The second-order valence-electron chi connectivity index (χ2n) is 6.46. The maximum absolute atomic E-state index is 13.7. The summed E-state index contributed by atoms with van der Waals surface area (Å²) in [5.41, 5.74) is 1.92. The van der Waals surface area contributed by atoms with Crippen LogP contribution in [0.5, 0.6) is 0 Å². The van der Waals surface area contributed by atoms with E-state index >= 15 is 0 Å². The highest BCUT2D eigenvalue weighted by Crippen LogP contribution is 2.32. The van der Waals surface area contributed by atoms with Crippen molar-refractivity contribution in [2.24, 2.45) is 0 Å². The van der Waals surface area contributed by atoms with Crippen LogP contribution in [-0.4, -0.2) is 37.7 Å². The van der Waals surface area contributed by atoms with E-state index in [-0.39, 0.29) is 11.7 Å². The Hall–Kier alpha value is -2.21. The summed E-state index contributed by atoms with van der Waals surface area (Å²) >= 11 is 6.28. The molecule has 1 aliphatic rings. The molecule has 1 aliphatic heterocycles. The molecular formula is C19H24ClFN4O. The number of carbonyl (C=O) groups is 1. The van der Waals surface area contributed by atoms with Gasteiger partial charge in [-0.15, -0.1) is 0 Å². The van der Waals surface area contributed by atoms with Crippen LogP contribution in [0.4, 0.5) is 15.9 Å². The topological polar surface area (TPSA) is 49.3 Å². The number of hydrogen-bond acceptors (Lipinski definition) is 3. The SMILES string of the molecule is CNC(=O)c1c(NC)cc(N2CCCCC2)n1Cc1cc(F)ccc1Cl. The summed E-state index contributed by atoms with van der Waals surface area (Å²) in [5.74, 6) is 0.421. The third-order valence-electron chi connectivity index (χ3n) is 4.80. The number of carbonyl (C=O) groups excluding carboxylic acids is 1. The van der Waals surface area contributed by atoms with E-state index in [1.807, 2.05) is 10.6 Å². The smallest absolute Gasteiger partial charge is 0.269 e. The fourth-order valence-corrected chi connectivity index (χ4v) is 3.65. The lowest BCUT2D eigenvalue weighted by Gasteiger charge is -2.30. The van der Waals surface area contributed by atoms with Gasteiger partial charge in [0.25, 0.3) is 5.91 Å². The van der Waals surface area contributed by atoms with Crippen molar-refractivity contribution in [2.45, 2.75) is 25.8 Å². The van der Waals surface area contributed by atoms with E-state index in [1.165, 1.54) is 18.6 Å². The van der Waals surface area contributed by atoms with Gasteiger partial charge in [0, 0.05) is 38.3 Å². The first-order valence-corrected chi connectivity index (χ1v) is 9.25. The lowest BCUT2D eigenvalue weighted by Crippen LogP contribution is -2.32. The lowest BCUT2D eigenvalue weighted by molar-refractivity contribution is 0.0955. The van der Waals surface area contributed by atoms with Gasteiger partial charge in [0.1, 0.15) is 17.3 Å². The number of anilines is 2. The third-order valence-corrected chi connectivity index (χ3v) is 5.17. The Labute approximate surface area is 158 Å². The first-order valence-electron chi connectivity index (χ1n) is 8.87. The second-order valence-corrected chi connectivity index (χ2v) is 6.87. The van der Waals surface area contributed by atoms with E-state index in [4.69, 9.17) is 11.6 Å². The Kier molecular flexibility index (Phi) is 5.71. The van der Waals surface area contributed by atoms with E-state index in [1.54, 1.807) is 20.2 Å². The average Bonchev–Trinajstić information content (AvgIpc) is 3.03. The number of amides is 1. The number of halogens is 2. The van der Waals surface area contributed by atoms with Crippen LogP contribution >= 0.6 is 11.6 Å². The third kappa shape index (κ3) is 3.65. The van der Waals surface area contributed by atoms with Crippen LogP contribution < -0.4 is 15.5 Å². The van der Waals surface area contributed by atoms with Crippen LogP contribution in [0.15, 0.2) is 24.3 Å². The van der Waals surface area contributed by atoms with E-state index in [0.717, 1.165) is 37.4 Å². The summed E-state index contributed by atoms with van der Waals surface area (Å²) in [7, 11) is 3.40. The van der Waals surface area contributed by atoms with Gasteiger partial charge in [-0.1, -0.05) is 11.6 Å². The summed E-state index contributed by atoms with van der Waals surface area (Å²) in [6.07, 6.45) is 3.46. The largest absolute Gasteiger partial charge is 0.386 e. The summed E-state index contributed by atoms with van der Waals surface area (Å²) in [6, 6.07) is 6.30. The van der Waals surface area contributed by atoms with Crippen molar-refractivity contribution in [2.75, 3.05) is 37.4 Å². The Bertz CT molecular complexity index is 799. The molecule has 2 heterocycles. The molecule has 26 heavy (non-hydrogen) atoms. The minimum Gasteiger partial charge on any atom is -0.386 e. The number of rotatable bonds is 5. The summed E-state index contributed by atoms with van der Waals surface area (Å²) in [4.78, 5) is 14.8. The molecular weight excluding hydrogens is 355 g/mol. The van der Waals surface area contributed by atoms with Crippen molar-refractivity contribution < 1.29 is 9.18 Å². The zero-order chi connectivity index (χ0) is 18.7. The van der Waals surface area contributed by atoms with Crippen LogP contribution in [0.3, 0.4) is 0 Å². The number of nitrogens with one attached hydrogen (secondary N) is 2. The second kappa shape index (κ2) is 7.99. The highest BCUT2D eigenvalue weighted by Gasteiger charge is 2.24. The van der Waals surface area contributed by atoms with Gasteiger partial charge in [-0.3, -0.25) is 4.79 Å². The minimum absolute atomic E-state index is 0.190. The lowest BCUT2D eigenvalue weighted by atomic mass is 10.1. The van der Waals surface area contributed by atoms with Gasteiger partial charge < -0.3 is 20.1 Å². The van der Waals surface area contributed by atoms with E-state index in [0.29, 0.717) is 22.8 Å². The van der Waals surface area contributed by atoms with Gasteiger partial charge in [0.15, 0.2) is 0 Å². The highest BCUT2D eigenvalue weighted by molar-refractivity contribution is 6.31. The summed E-state index contributed by atoms with van der Waals surface area (Å²) in [6.45, 7) is 2.21. The molecule has 1 aromatic heterocycles. The number of aromatic nitrogens is 1. The fourth-order valence-electron chi connectivity index (χ4n) is 3.47. The molecule has 0 bridgehead atoms. The van der Waals surface area contributed by atoms with Crippen LogP contribution in [0.2, 0.25) is 5.02 Å². The van der Waals surface area contributed by atoms with Crippen molar-refractivity contribution in [1.29, 1.82) is 0 Å². The number of hydrogen-bond donors (Lipinski definition) is 2. The molecule has 5 nitrogen and oxygen atoms in total. The van der Waals surface area contributed by atoms with Gasteiger partial charge in [-0.25, -0.2) is 4.39 Å². The minimum atomic E-state index is -0.341. The average molecular weight is 379 g/mol. The molecule has 1 saturated heterocycles. The van der Waals surface area contributed by atoms with Crippen LogP contribution in [0.1, 0.15) is 35.3 Å². The van der Waals surface area contributed by atoms with E-state index < -0.39 is 0 Å². The Morgan fingerprint density at radius 1 is 1.19 bits per heavy atom. The Balaban J connectivity index is 2.10. The molecule has 2 N–H and O–H groups in total. The molecule has 0 spiro atoms. The maximum atomic E-state index is 13.7. The van der Waals surface area contributed by atoms with Crippen LogP contribution in [0.25, 0.3) is 0 Å². The molecule has 0 aliphatic carbocycles. The molecule has 1 aromatic carbocycles. The van der Waals surface area contributed by atoms with Gasteiger partial charge in [0.05, 0.1) is 12.2 Å². The highest BCUT2D eigenvalue weighted by atomic mass is 35.5. The predicted octanol–water partition coefficient (Wildman–Crippen LogP) is 3.72. The van der Waals surface area contributed by atoms with Crippen LogP contribution in [-0.2, 0) is 6.54 Å². The molecule has 3 rings (SSSR count). The monoisotopic (exact) mass is 378 g/mol. The summed E-state index contributed by atoms with van der Waals surface area (Å²) < 4.78 is 15.7. The molecule has 140 valence electrons. The van der Waals surface area contributed by atoms with Crippen molar-refractivity contribution >= 4 is 29.0 Å². The number of nitrogens with zero attached hydrogens (tertiary/aromatic N) is 2. The Morgan fingerprint density at radius 3 is 2.58 bits per heavy atom. The molecule has 1 fully saturated rings. The standard InChI is InChI=1S/C19H24ClFN4O/c1-22-16-11-17(24-8-4-3-5-9-24)25(18(16)19(26)23-2)12-13-10-14(21)6-7-15(13)20/h6-7,10-11,22H,3-5,8-9,12H2,1-2H3,(H,23,26). The van der Waals surface area contributed by atoms with E-state index in [9.17, 15) is 9.18 Å². The van der Waals surface area contributed by atoms with Gasteiger partial charge in [0.2, 0.25) is 0 Å². The van der Waals surface area contributed by atoms with Crippen molar-refractivity contribution in [3.8, 4) is 0 Å².